The maximum absolute atomic E-state index is 12.3. The summed E-state index contributed by atoms with van der Waals surface area (Å²) in [6.45, 7) is 2.43. The molecule has 23 heavy (non-hydrogen) atoms. The number of hydrogen-bond acceptors (Lipinski definition) is 3. The SMILES string of the molecule is Cl.O=C(CC1CCCN1)N1CCC(Oc2ccc(Cl)c(Cl)c2)C1. The van der Waals surface area contributed by atoms with Crippen LogP contribution in [0.5, 0.6) is 5.75 Å². The van der Waals surface area contributed by atoms with Gasteiger partial charge in [0, 0.05) is 31.5 Å². The van der Waals surface area contributed by atoms with Gasteiger partial charge >= 0.3 is 0 Å². The van der Waals surface area contributed by atoms with Gasteiger partial charge in [-0.3, -0.25) is 4.79 Å². The fraction of sp³-hybridized carbons (Fsp3) is 0.562. The molecule has 3 rings (SSSR count). The summed E-state index contributed by atoms with van der Waals surface area (Å²) in [7, 11) is 0. The molecule has 2 aliphatic rings. The molecular weight excluding hydrogens is 359 g/mol. The number of likely N-dealkylation sites (tertiary alicyclic amines) is 1. The summed E-state index contributed by atoms with van der Waals surface area (Å²) in [5.74, 6) is 0.922. The standard InChI is InChI=1S/C16H20Cl2N2O2.ClH/c17-14-4-3-12(9-15(14)18)22-13-5-7-20(10-13)16(21)8-11-2-1-6-19-11;/h3-4,9,11,13,19H,1-2,5-8,10H2;1H. The van der Waals surface area contributed by atoms with Crippen molar-refractivity contribution < 1.29 is 9.53 Å². The van der Waals surface area contributed by atoms with E-state index >= 15 is 0 Å². The summed E-state index contributed by atoms with van der Waals surface area (Å²) in [4.78, 5) is 14.2. The second kappa shape index (κ2) is 8.43. The van der Waals surface area contributed by atoms with Gasteiger partial charge in [0.05, 0.1) is 16.6 Å². The van der Waals surface area contributed by atoms with Gasteiger partial charge in [0.1, 0.15) is 11.9 Å². The van der Waals surface area contributed by atoms with Crippen LogP contribution in [0, 0.1) is 0 Å². The van der Waals surface area contributed by atoms with Crippen molar-refractivity contribution in [3.63, 3.8) is 0 Å². The van der Waals surface area contributed by atoms with Crippen LogP contribution in [0.15, 0.2) is 18.2 Å². The number of hydrogen-bond donors (Lipinski definition) is 1. The van der Waals surface area contributed by atoms with Crippen LogP contribution in [0.3, 0.4) is 0 Å². The molecule has 1 aromatic rings. The van der Waals surface area contributed by atoms with Gasteiger partial charge in [-0.1, -0.05) is 23.2 Å². The first kappa shape index (κ1) is 18.7. The molecule has 0 aromatic heterocycles. The van der Waals surface area contributed by atoms with E-state index in [0.717, 1.165) is 25.9 Å². The van der Waals surface area contributed by atoms with Crippen LogP contribution in [0.25, 0.3) is 0 Å². The molecule has 0 aliphatic carbocycles. The Kier molecular flexibility index (Phi) is 6.84. The Balaban J connectivity index is 0.00000192. The van der Waals surface area contributed by atoms with Crippen LogP contribution in [-0.4, -0.2) is 42.6 Å². The highest BCUT2D eigenvalue weighted by Crippen LogP contribution is 2.28. The Labute approximate surface area is 152 Å². The average molecular weight is 380 g/mol. The average Bonchev–Trinajstić information content (AvgIpc) is 3.14. The van der Waals surface area contributed by atoms with E-state index < -0.39 is 0 Å². The van der Waals surface area contributed by atoms with Crippen molar-refractivity contribution in [1.29, 1.82) is 0 Å². The molecule has 0 spiro atoms. The minimum atomic E-state index is 0. The summed E-state index contributed by atoms with van der Waals surface area (Å²) in [5.41, 5.74) is 0. The lowest BCUT2D eigenvalue weighted by molar-refractivity contribution is -0.130. The lowest BCUT2D eigenvalue weighted by Gasteiger charge is -2.19. The normalized spacial score (nSPS) is 23.7. The van der Waals surface area contributed by atoms with E-state index in [2.05, 4.69) is 5.32 Å². The third-order valence-electron chi connectivity index (χ3n) is 4.27. The minimum Gasteiger partial charge on any atom is -0.488 e. The van der Waals surface area contributed by atoms with Crippen molar-refractivity contribution in [2.75, 3.05) is 19.6 Å². The summed E-state index contributed by atoms with van der Waals surface area (Å²) < 4.78 is 5.91. The fourth-order valence-corrected chi connectivity index (χ4v) is 3.35. The van der Waals surface area contributed by atoms with Gasteiger partial charge in [-0.05, 0) is 31.5 Å². The first-order valence-corrected chi connectivity index (χ1v) is 8.50. The zero-order valence-corrected chi connectivity index (χ0v) is 15.1. The number of rotatable bonds is 4. The lowest BCUT2D eigenvalue weighted by atomic mass is 10.1. The third kappa shape index (κ3) is 4.90. The topological polar surface area (TPSA) is 41.6 Å². The first-order valence-electron chi connectivity index (χ1n) is 7.74. The maximum atomic E-state index is 12.3. The van der Waals surface area contributed by atoms with Crippen molar-refractivity contribution in [2.45, 2.75) is 37.8 Å². The highest BCUT2D eigenvalue weighted by atomic mass is 35.5. The molecule has 0 radical (unpaired) electrons. The van der Waals surface area contributed by atoms with Crippen LogP contribution in [0.2, 0.25) is 10.0 Å². The van der Waals surface area contributed by atoms with Gasteiger partial charge in [-0.15, -0.1) is 12.4 Å². The predicted octanol–water partition coefficient (Wildman–Crippen LogP) is 3.54. The van der Waals surface area contributed by atoms with E-state index in [1.807, 2.05) is 4.90 Å². The number of nitrogens with one attached hydrogen (secondary N) is 1. The fourth-order valence-electron chi connectivity index (χ4n) is 3.06. The Morgan fingerprint density at radius 2 is 2.13 bits per heavy atom. The molecule has 2 heterocycles. The summed E-state index contributed by atoms with van der Waals surface area (Å²) in [6.07, 6.45) is 3.74. The number of ether oxygens (including phenoxy) is 1. The molecule has 0 bridgehead atoms. The van der Waals surface area contributed by atoms with Crippen LogP contribution in [-0.2, 0) is 4.79 Å². The van der Waals surface area contributed by atoms with E-state index in [4.69, 9.17) is 27.9 Å². The Bertz CT molecular complexity index is 550. The largest absolute Gasteiger partial charge is 0.488 e. The molecule has 128 valence electrons. The second-order valence-electron chi connectivity index (χ2n) is 5.94. The molecule has 0 saturated carbocycles. The molecule has 2 unspecified atom stereocenters. The van der Waals surface area contributed by atoms with Crippen molar-refractivity contribution in [3.05, 3.63) is 28.2 Å². The van der Waals surface area contributed by atoms with E-state index in [1.165, 1.54) is 6.42 Å². The molecule has 1 N–H and O–H groups in total. The first-order chi connectivity index (χ1) is 10.6. The van der Waals surface area contributed by atoms with Crippen molar-refractivity contribution >= 4 is 41.5 Å². The van der Waals surface area contributed by atoms with E-state index in [1.54, 1.807) is 18.2 Å². The predicted molar refractivity (Wildman–Crippen MR) is 95.0 cm³/mol. The summed E-state index contributed by atoms with van der Waals surface area (Å²) >= 11 is 11.9. The van der Waals surface area contributed by atoms with Crippen molar-refractivity contribution in [1.82, 2.24) is 10.2 Å². The molecule has 7 heteroatoms. The molecule has 2 fully saturated rings. The Morgan fingerprint density at radius 1 is 1.30 bits per heavy atom. The monoisotopic (exact) mass is 378 g/mol. The number of nitrogens with zero attached hydrogens (tertiary/aromatic N) is 1. The highest BCUT2D eigenvalue weighted by molar-refractivity contribution is 6.42. The summed E-state index contributed by atoms with van der Waals surface area (Å²) in [5, 5.41) is 4.37. The van der Waals surface area contributed by atoms with Gasteiger partial charge in [-0.25, -0.2) is 0 Å². The number of benzene rings is 1. The molecule has 2 saturated heterocycles. The van der Waals surface area contributed by atoms with E-state index in [0.29, 0.717) is 34.8 Å². The second-order valence-corrected chi connectivity index (χ2v) is 6.76. The van der Waals surface area contributed by atoms with Gasteiger partial charge in [0.15, 0.2) is 0 Å². The van der Waals surface area contributed by atoms with Gasteiger partial charge in [0.2, 0.25) is 5.91 Å². The van der Waals surface area contributed by atoms with E-state index in [9.17, 15) is 4.79 Å². The zero-order chi connectivity index (χ0) is 15.5. The van der Waals surface area contributed by atoms with Crippen molar-refractivity contribution in [3.8, 4) is 5.75 Å². The summed E-state index contributed by atoms with van der Waals surface area (Å²) in [6, 6.07) is 5.60. The van der Waals surface area contributed by atoms with Crippen LogP contribution in [0.4, 0.5) is 0 Å². The van der Waals surface area contributed by atoms with Crippen LogP contribution in [0.1, 0.15) is 25.7 Å². The molecule has 4 nitrogen and oxygen atoms in total. The van der Waals surface area contributed by atoms with Crippen LogP contribution < -0.4 is 10.1 Å². The molecule has 1 aromatic carbocycles. The van der Waals surface area contributed by atoms with Gasteiger partial charge in [0.25, 0.3) is 0 Å². The van der Waals surface area contributed by atoms with Crippen LogP contribution >= 0.6 is 35.6 Å². The minimum absolute atomic E-state index is 0. The van der Waals surface area contributed by atoms with Crippen molar-refractivity contribution in [2.24, 2.45) is 0 Å². The van der Waals surface area contributed by atoms with Gasteiger partial charge < -0.3 is 15.0 Å². The Morgan fingerprint density at radius 3 is 2.83 bits per heavy atom. The number of halogens is 3. The number of carbonyl (C=O) groups excluding carboxylic acids is 1. The number of carbonyl (C=O) groups is 1. The lowest BCUT2D eigenvalue weighted by Crippen LogP contribution is -2.35. The quantitative estimate of drug-likeness (QED) is 0.870. The number of amides is 1. The molecule has 2 atom stereocenters. The maximum Gasteiger partial charge on any atom is 0.224 e. The third-order valence-corrected chi connectivity index (χ3v) is 5.01. The smallest absolute Gasteiger partial charge is 0.224 e. The van der Waals surface area contributed by atoms with E-state index in [-0.39, 0.29) is 24.4 Å². The molecule has 1 amide bonds. The van der Waals surface area contributed by atoms with Gasteiger partial charge in [-0.2, -0.15) is 0 Å². The molecular formula is C16H21Cl3N2O2. The molecule has 2 aliphatic heterocycles. The zero-order valence-electron chi connectivity index (χ0n) is 12.8. The Hall–Kier alpha value is -0.680. The highest BCUT2D eigenvalue weighted by Gasteiger charge is 2.29.